The molecule has 2 N–H and O–H groups in total. The second kappa shape index (κ2) is 9.60. The number of carbonyl (C=O) groups is 2. The molecule has 0 aromatic heterocycles. The SMILES string of the molecule is CCc1ccc(NC(=O)NCCN2CCN(C(=O)OC(C)(C)C)CC2)cc1. The predicted octanol–water partition coefficient (Wildman–Crippen LogP) is 2.92. The van der Waals surface area contributed by atoms with Crippen LogP contribution in [0.4, 0.5) is 15.3 Å². The quantitative estimate of drug-likeness (QED) is 0.829. The minimum absolute atomic E-state index is 0.202. The molecular formula is C20H32N4O3. The summed E-state index contributed by atoms with van der Waals surface area (Å²) >= 11 is 0. The number of urea groups is 1. The minimum atomic E-state index is -0.470. The van der Waals surface area contributed by atoms with Crippen LogP contribution in [0.5, 0.6) is 0 Å². The van der Waals surface area contributed by atoms with Gasteiger partial charge in [0.05, 0.1) is 0 Å². The molecule has 1 saturated heterocycles. The van der Waals surface area contributed by atoms with E-state index in [-0.39, 0.29) is 12.1 Å². The number of ether oxygens (including phenoxy) is 1. The summed E-state index contributed by atoms with van der Waals surface area (Å²) in [5.41, 5.74) is 1.56. The lowest BCUT2D eigenvalue weighted by Gasteiger charge is -2.35. The monoisotopic (exact) mass is 376 g/mol. The zero-order chi connectivity index (χ0) is 19.9. The molecule has 1 aromatic rings. The minimum Gasteiger partial charge on any atom is -0.444 e. The van der Waals surface area contributed by atoms with Crippen LogP contribution in [0.1, 0.15) is 33.3 Å². The molecule has 0 atom stereocenters. The van der Waals surface area contributed by atoms with Gasteiger partial charge in [-0.1, -0.05) is 19.1 Å². The Bertz CT molecular complexity index is 617. The van der Waals surface area contributed by atoms with Crippen molar-refractivity contribution in [3.8, 4) is 0 Å². The molecule has 3 amide bonds. The number of anilines is 1. The van der Waals surface area contributed by atoms with Crippen LogP contribution in [-0.4, -0.2) is 66.8 Å². The average molecular weight is 377 g/mol. The predicted molar refractivity (Wildman–Crippen MR) is 107 cm³/mol. The van der Waals surface area contributed by atoms with Crippen LogP contribution in [0.3, 0.4) is 0 Å². The fraction of sp³-hybridized carbons (Fsp3) is 0.600. The molecule has 1 fully saturated rings. The van der Waals surface area contributed by atoms with Crippen molar-refractivity contribution in [2.45, 2.75) is 39.7 Å². The standard InChI is InChI=1S/C20H32N4O3/c1-5-16-6-8-17(9-7-16)22-18(25)21-10-11-23-12-14-24(15-13-23)19(26)27-20(2,3)4/h6-9H,5,10-15H2,1-4H3,(H2,21,22,25). The number of piperazine rings is 1. The molecule has 0 radical (unpaired) electrons. The summed E-state index contributed by atoms with van der Waals surface area (Å²) in [5.74, 6) is 0. The third-order valence-electron chi connectivity index (χ3n) is 4.36. The fourth-order valence-electron chi connectivity index (χ4n) is 2.81. The van der Waals surface area contributed by atoms with Gasteiger partial charge in [0, 0.05) is 45.0 Å². The molecule has 0 spiro atoms. The first-order valence-corrected chi connectivity index (χ1v) is 9.61. The van der Waals surface area contributed by atoms with E-state index in [1.165, 1.54) is 5.56 Å². The van der Waals surface area contributed by atoms with Gasteiger partial charge in [0.15, 0.2) is 0 Å². The average Bonchev–Trinajstić information content (AvgIpc) is 2.61. The van der Waals surface area contributed by atoms with Crippen molar-refractivity contribution in [3.63, 3.8) is 0 Å². The number of hydrogen-bond donors (Lipinski definition) is 2. The summed E-state index contributed by atoms with van der Waals surface area (Å²) in [6.07, 6.45) is 0.724. The molecular weight excluding hydrogens is 344 g/mol. The maximum atomic E-state index is 12.1. The van der Waals surface area contributed by atoms with E-state index >= 15 is 0 Å². The first-order valence-electron chi connectivity index (χ1n) is 9.61. The number of aryl methyl sites for hydroxylation is 1. The van der Waals surface area contributed by atoms with Crippen molar-refractivity contribution in [2.75, 3.05) is 44.6 Å². The topological polar surface area (TPSA) is 73.9 Å². The number of amides is 3. The van der Waals surface area contributed by atoms with Crippen molar-refractivity contribution in [3.05, 3.63) is 29.8 Å². The Morgan fingerprint density at radius 1 is 1.07 bits per heavy atom. The summed E-state index contributed by atoms with van der Waals surface area (Å²) in [6, 6.07) is 7.65. The summed E-state index contributed by atoms with van der Waals surface area (Å²) in [7, 11) is 0. The van der Waals surface area contributed by atoms with Gasteiger partial charge in [-0.2, -0.15) is 0 Å². The maximum absolute atomic E-state index is 12.1. The molecule has 7 heteroatoms. The van der Waals surface area contributed by atoms with Gasteiger partial charge in [-0.25, -0.2) is 9.59 Å². The van der Waals surface area contributed by atoms with E-state index in [1.54, 1.807) is 4.90 Å². The van der Waals surface area contributed by atoms with E-state index in [1.807, 2.05) is 45.0 Å². The zero-order valence-corrected chi connectivity index (χ0v) is 16.9. The lowest BCUT2D eigenvalue weighted by molar-refractivity contribution is 0.0147. The maximum Gasteiger partial charge on any atom is 0.410 e. The van der Waals surface area contributed by atoms with Gasteiger partial charge >= 0.3 is 12.1 Å². The van der Waals surface area contributed by atoms with Crippen molar-refractivity contribution in [2.24, 2.45) is 0 Å². The first-order chi connectivity index (χ1) is 12.8. The van der Waals surface area contributed by atoms with Crippen LogP contribution >= 0.6 is 0 Å². The molecule has 27 heavy (non-hydrogen) atoms. The van der Waals surface area contributed by atoms with Gasteiger partial charge in [-0.3, -0.25) is 4.90 Å². The highest BCUT2D eigenvalue weighted by atomic mass is 16.6. The van der Waals surface area contributed by atoms with Gasteiger partial charge in [0.1, 0.15) is 5.60 Å². The number of benzene rings is 1. The number of nitrogens with zero attached hydrogens (tertiary/aromatic N) is 2. The normalized spacial score (nSPS) is 15.3. The van der Waals surface area contributed by atoms with E-state index in [2.05, 4.69) is 22.5 Å². The second-order valence-corrected chi connectivity index (χ2v) is 7.74. The Balaban J connectivity index is 1.63. The Kier molecular flexibility index (Phi) is 7.47. The highest BCUT2D eigenvalue weighted by Gasteiger charge is 2.25. The molecule has 1 aliphatic rings. The van der Waals surface area contributed by atoms with Crippen LogP contribution in [-0.2, 0) is 11.2 Å². The van der Waals surface area contributed by atoms with Crippen LogP contribution in [0.2, 0.25) is 0 Å². The van der Waals surface area contributed by atoms with Gasteiger partial charge in [-0.05, 0) is 44.9 Å². The summed E-state index contributed by atoms with van der Waals surface area (Å²) in [6.45, 7) is 11.9. The van der Waals surface area contributed by atoms with Crippen molar-refractivity contribution < 1.29 is 14.3 Å². The highest BCUT2D eigenvalue weighted by Crippen LogP contribution is 2.12. The van der Waals surface area contributed by atoms with Crippen molar-refractivity contribution in [1.29, 1.82) is 0 Å². The van der Waals surface area contributed by atoms with Crippen molar-refractivity contribution >= 4 is 17.8 Å². The van der Waals surface area contributed by atoms with Gasteiger partial charge in [0.25, 0.3) is 0 Å². The molecule has 1 heterocycles. The molecule has 7 nitrogen and oxygen atoms in total. The third-order valence-corrected chi connectivity index (χ3v) is 4.36. The summed E-state index contributed by atoms with van der Waals surface area (Å²) in [5, 5.41) is 5.71. The van der Waals surface area contributed by atoms with Crippen molar-refractivity contribution in [1.82, 2.24) is 15.1 Å². The lowest BCUT2D eigenvalue weighted by atomic mass is 10.1. The Labute approximate surface area is 162 Å². The number of carbonyl (C=O) groups excluding carboxylic acids is 2. The van der Waals surface area contributed by atoms with E-state index in [4.69, 9.17) is 4.74 Å². The molecule has 0 unspecified atom stereocenters. The van der Waals surface area contributed by atoms with Gasteiger partial charge in [-0.15, -0.1) is 0 Å². The summed E-state index contributed by atoms with van der Waals surface area (Å²) < 4.78 is 5.40. The Morgan fingerprint density at radius 3 is 2.26 bits per heavy atom. The fourth-order valence-corrected chi connectivity index (χ4v) is 2.81. The molecule has 0 saturated carbocycles. The second-order valence-electron chi connectivity index (χ2n) is 7.74. The molecule has 0 aliphatic carbocycles. The highest BCUT2D eigenvalue weighted by molar-refractivity contribution is 5.89. The van der Waals surface area contributed by atoms with Crippen LogP contribution < -0.4 is 10.6 Å². The first kappa shape index (κ1) is 21.0. The van der Waals surface area contributed by atoms with Gasteiger partial charge < -0.3 is 20.3 Å². The Morgan fingerprint density at radius 2 is 1.70 bits per heavy atom. The third kappa shape index (κ3) is 7.46. The van der Waals surface area contributed by atoms with Crippen LogP contribution in [0.15, 0.2) is 24.3 Å². The molecule has 150 valence electrons. The van der Waals surface area contributed by atoms with Crippen LogP contribution in [0, 0.1) is 0 Å². The van der Waals surface area contributed by atoms with E-state index in [0.717, 1.165) is 31.7 Å². The van der Waals surface area contributed by atoms with Gasteiger partial charge in [0.2, 0.25) is 0 Å². The number of hydrogen-bond acceptors (Lipinski definition) is 4. The van der Waals surface area contributed by atoms with E-state index in [0.29, 0.717) is 19.6 Å². The largest absolute Gasteiger partial charge is 0.444 e. The number of rotatable bonds is 5. The lowest BCUT2D eigenvalue weighted by Crippen LogP contribution is -2.51. The van der Waals surface area contributed by atoms with E-state index < -0.39 is 5.60 Å². The summed E-state index contributed by atoms with van der Waals surface area (Å²) in [4.78, 5) is 28.0. The molecule has 1 aromatic carbocycles. The number of nitrogens with one attached hydrogen (secondary N) is 2. The van der Waals surface area contributed by atoms with E-state index in [9.17, 15) is 9.59 Å². The zero-order valence-electron chi connectivity index (χ0n) is 16.9. The molecule has 0 bridgehead atoms. The smallest absolute Gasteiger partial charge is 0.410 e. The molecule has 2 rings (SSSR count). The molecule has 1 aliphatic heterocycles. The Hall–Kier alpha value is -2.28. The van der Waals surface area contributed by atoms with Crippen LogP contribution in [0.25, 0.3) is 0 Å².